The lowest BCUT2D eigenvalue weighted by Crippen LogP contribution is -2.54. The van der Waals surface area contributed by atoms with E-state index < -0.39 is 30.8 Å². The van der Waals surface area contributed by atoms with E-state index >= 15 is 0 Å². The minimum Gasteiger partial charge on any atom is -0.478 e. The van der Waals surface area contributed by atoms with Crippen LogP contribution in [0.25, 0.3) is 16.9 Å². The van der Waals surface area contributed by atoms with Crippen LogP contribution in [0.3, 0.4) is 0 Å². The highest BCUT2D eigenvalue weighted by Gasteiger charge is 2.40. The Labute approximate surface area is 183 Å². The third-order valence-corrected chi connectivity index (χ3v) is 5.20. The summed E-state index contributed by atoms with van der Waals surface area (Å²) in [7, 11) is 1.51. The fraction of sp³-hybridized carbons (Fsp3) is 0.381. The molecule has 32 heavy (non-hydrogen) atoms. The first-order valence-electron chi connectivity index (χ1n) is 10.0. The number of fused-ring (bicyclic) bond motifs is 1. The highest BCUT2D eigenvalue weighted by Crippen LogP contribution is 2.28. The summed E-state index contributed by atoms with van der Waals surface area (Å²) >= 11 is 0. The molecule has 0 aliphatic heterocycles. The molecule has 3 rings (SSSR count). The van der Waals surface area contributed by atoms with Crippen LogP contribution in [0.2, 0.25) is 0 Å². The van der Waals surface area contributed by atoms with Gasteiger partial charge >= 0.3 is 12.2 Å². The van der Waals surface area contributed by atoms with Crippen molar-refractivity contribution in [2.45, 2.75) is 32.1 Å². The number of ether oxygens (including phenoxy) is 1. The van der Waals surface area contributed by atoms with Gasteiger partial charge in [-0.05, 0) is 25.5 Å². The summed E-state index contributed by atoms with van der Waals surface area (Å²) in [6.45, 7) is 2.92. The number of imidazole rings is 1. The predicted octanol–water partition coefficient (Wildman–Crippen LogP) is 3.39. The first-order chi connectivity index (χ1) is 15.2. The Bertz CT molecular complexity index is 1080. The van der Waals surface area contributed by atoms with Crippen LogP contribution in [-0.4, -0.2) is 57.7 Å². The third kappa shape index (κ3) is 4.77. The molecule has 8 nitrogen and oxygen atoms in total. The summed E-state index contributed by atoms with van der Waals surface area (Å²) in [5.74, 6) is 0.362. The summed E-state index contributed by atoms with van der Waals surface area (Å²) in [4.78, 5) is 22.6. The van der Waals surface area contributed by atoms with E-state index in [1.54, 1.807) is 49.0 Å². The number of hydrogen-bond donors (Lipinski definition) is 2. The van der Waals surface area contributed by atoms with Crippen molar-refractivity contribution in [1.29, 1.82) is 0 Å². The molecule has 3 N–H and O–H groups in total. The van der Waals surface area contributed by atoms with Crippen LogP contribution in [0.4, 0.5) is 18.0 Å². The van der Waals surface area contributed by atoms with Crippen LogP contribution in [0.1, 0.15) is 25.5 Å². The van der Waals surface area contributed by atoms with E-state index in [-0.39, 0.29) is 6.54 Å². The van der Waals surface area contributed by atoms with Crippen molar-refractivity contribution in [2.75, 3.05) is 20.2 Å². The van der Waals surface area contributed by atoms with Gasteiger partial charge in [0.1, 0.15) is 6.04 Å². The standard InChI is InChI=1S/C21H25F3N6O2/c1-4-30(20(31)28-17(11-25)21(22,23)24)13(2)14-6-5-7-15(10-14)16-12-29-9-8-26-18(29)19(27-16)32-3/h5-10,12-13,17H,4,11,25H2,1-3H3,(H,28,31)/t13-,17?/m1/s1. The van der Waals surface area contributed by atoms with Gasteiger partial charge in [0.2, 0.25) is 0 Å². The summed E-state index contributed by atoms with van der Waals surface area (Å²) in [5.41, 5.74) is 7.89. The smallest absolute Gasteiger partial charge is 0.409 e. The van der Waals surface area contributed by atoms with Crippen molar-refractivity contribution >= 4 is 11.7 Å². The number of urea groups is 1. The van der Waals surface area contributed by atoms with Gasteiger partial charge in [-0.2, -0.15) is 13.2 Å². The minimum atomic E-state index is -4.62. The number of alkyl halides is 3. The molecule has 2 heterocycles. The molecule has 172 valence electrons. The molecular weight excluding hydrogens is 425 g/mol. The molecule has 2 amide bonds. The fourth-order valence-corrected chi connectivity index (χ4v) is 3.42. The molecule has 0 aliphatic carbocycles. The topological polar surface area (TPSA) is 97.8 Å². The van der Waals surface area contributed by atoms with Gasteiger partial charge in [0.25, 0.3) is 5.88 Å². The molecule has 0 saturated carbocycles. The number of amides is 2. The second-order valence-electron chi connectivity index (χ2n) is 7.16. The summed E-state index contributed by atoms with van der Waals surface area (Å²) < 4.78 is 46.2. The van der Waals surface area contributed by atoms with E-state index in [0.717, 1.165) is 11.1 Å². The van der Waals surface area contributed by atoms with E-state index in [1.165, 1.54) is 12.0 Å². The number of carbonyl (C=O) groups is 1. The molecule has 0 saturated heterocycles. The van der Waals surface area contributed by atoms with Crippen LogP contribution in [0.15, 0.2) is 42.9 Å². The molecule has 2 aromatic heterocycles. The van der Waals surface area contributed by atoms with Crippen molar-refractivity contribution in [3.63, 3.8) is 0 Å². The Morgan fingerprint density at radius 3 is 2.75 bits per heavy atom. The Hall–Kier alpha value is -3.34. The van der Waals surface area contributed by atoms with Crippen LogP contribution in [0.5, 0.6) is 5.88 Å². The molecule has 1 unspecified atom stereocenters. The number of nitrogens with one attached hydrogen (secondary N) is 1. The average Bonchev–Trinajstić information content (AvgIpc) is 3.25. The summed E-state index contributed by atoms with van der Waals surface area (Å²) in [6.07, 6.45) is 0.583. The molecule has 0 spiro atoms. The van der Waals surface area contributed by atoms with E-state index in [9.17, 15) is 18.0 Å². The number of benzene rings is 1. The van der Waals surface area contributed by atoms with Crippen molar-refractivity contribution < 1.29 is 22.7 Å². The van der Waals surface area contributed by atoms with Gasteiger partial charge in [0, 0.05) is 37.2 Å². The highest BCUT2D eigenvalue weighted by molar-refractivity contribution is 5.75. The van der Waals surface area contributed by atoms with E-state index in [2.05, 4.69) is 9.97 Å². The minimum absolute atomic E-state index is 0.208. The molecule has 1 aromatic carbocycles. The number of aromatic nitrogens is 3. The van der Waals surface area contributed by atoms with Crippen molar-refractivity contribution in [3.8, 4) is 17.1 Å². The zero-order valence-corrected chi connectivity index (χ0v) is 17.9. The van der Waals surface area contributed by atoms with Crippen LogP contribution < -0.4 is 15.8 Å². The van der Waals surface area contributed by atoms with Crippen LogP contribution in [0, 0.1) is 0 Å². The molecule has 0 aliphatic rings. The first kappa shape index (κ1) is 23.3. The first-order valence-corrected chi connectivity index (χ1v) is 10.0. The molecule has 0 radical (unpaired) electrons. The fourth-order valence-electron chi connectivity index (χ4n) is 3.42. The summed E-state index contributed by atoms with van der Waals surface area (Å²) in [5, 5.41) is 1.98. The third-order valence-electron chi connectivity index (χ3n) is 5.20. The van der Waals surface area contributed by atoms with Gasteiger partial charge in [-0.25, -0.2) is 14.8 Å². The van der Waals surface area contributed by atoms with Crippen molar-refractivity contribution in [2.24, 2.45) is 5.73 Å². The Balaban J connectivity index is 1.88. The van der Waals surface area contributed by atoms with Gasteiger partial charge in [-0.3, -0.25) is 0 Å². The van der Waals surface area contributed by atoms with Gasteiger partial charge in [-0.15, -0.1) is 0 Å². The van der Waals surface area contributed by atoms with Crippen molar-refractivity contribution in [1.82, 2.24) is 24.6 Å². The zero-order valence-electron chi connectivity index (χ0n) is 17.9. The van der Waals surface area contributed by atoms with Crippen molar-refractivity contribution in [3.05, 3.63) is 48.4 Å². The number of carbonyl (C=O) groups excluding carboxylic acids is 1. The number of methoxy groups -OCH3 is 1. The molecular formula is C21H25F3N6O2. The number of halogens is 3. The molecule has 3 aromatic rings. The molecule has 11 heteroatoms. The zero-order chi connectivity index (χ0) is 23.5. The Kier molecular flexibility index (Phi) is 6.87. The predicted molar refractivity (Wildman–Crippen MR) is 113 cm³/mol. The number of rotatable bonds is 7. The van der Waals surface area contributed by atoms with Gasteiger partial charge in [0.15, 0.2) is 5.65 Å². The number of hydrogen-bond acceptors (Lipinski definition) is 5. The lowest BCUT2D eigenvalue weighted by atomic mass is 10.0. The molecule has 2 atom stereocenters. The lowest BCUT2D eigenvalue weighted by Gasteiger charge is -2.31. The van der Waals surface area contributed by atoms with E-state index in [1.807, 2.05) is 17.4 Å². The maximum absolute atomic E-state index is 13.0. The average molecular weight is 450 g/mol. The quantitative estimate of drug-likeness (QED) is 0.575. The van der Waals surface area contributed by atoms with Gasteiger partial charge in [0.05, 0.1) is 18.8 Å². The van der Waals surface area contributed by atoms with E-state index in [0.29, 0.717) is 17.2 Å². The normalized spacial score (nSPS) is 13.6. The second kappa shape index (κ2) is 9.43. The van der Waals surface area contributed by atoms with E-state index in [4.69, 9.17) is 10.5 Å². The monoisotopic (exact) mass is 450 g/mol. The van der Waals surface area contributed by atoms with Crippen LogP contribution >= 0.6 is 0 Å². The maximum Gasteiger partial charge on any atom is 0.409 e. The highest BCUT2D eigenvalue weighted by atomic mass is 19.4. The largest absolute Gasteiger partial charge is 0.478 e. The molecule has 0 fully saturated rings. The van der Waals surface area contributed by atoms with Gasteiger partial charge in [-0.1, -0.05) is 18.2 Å². The Morgan fingerprint density at radius 1 is 1.38 bits per heavy atom. The number of nitrogens with two attached hydrogens (primary N) is 1. The number of nitrogens with zero attached hydrogens (tertiary/aromatic N) is 4. The maximum atomic E-state index is 13.0. The lowest BCUT2D eigenvalue weighted by molar-refractivity contribution is -0.151. The molecule has 0 bridgehead atoms. The SMILES string of the molecule is CCN(C(=O)NC(CN)C(F)(F)F)[C@H](C)c1cccc(-c2cn3ccnc3c(OC)n2)c1. The summed E-state index contributed by atoms with van der Waals surface area (Å²) in [6, 6.07) is 3.86. The Morgan fingerprint density at radius 2 is 2.12 bits per heavy atom. The van der Waals surface area contributed by atoms with Crippen LogP contribution in [-0.2, 0) is 0 Å². The van der Waals surface area contributed by atoms with Gasteiger partial charge < -0.3 is 25.1 Å². The second-order valence-corrected chi connectivity index (χ2v) is 7.16.